The standard InChI is InChI=1S/C62H116O6/c1-4-7-10-13-16-19-22-24-26-28-29-30-31-32-33-35-36-38-40-43-46-49-52-55-61(64)67-58-59(57-66-60(63)54-51-48-45-42-21-18-15-12-9-6-3)68-62(65)56-53-50-47-44-41-39-37-34-27-25-23-20-17-14-11-8-5-2/h17,20,25,27,59H,4-16,18-19,21-24,26,28-58H2,1-3H3/b20-17-,27-25-. The third kappa shape index (κ3) is 54.8. The molecule has 6 heteroatoms. The molecule has 0 heterocycles. The summed E-state index contributed by atoms with van der Waals surface area (Å²) >= 11 is 0. The van der Waals surface area contributed by atoms with E-state index in [1.54, 1.807) is 0 Å². The van der Waals surface area contributed by atoms with E-state index in [0.717, 1.165) is 70.6 Å². The van der Waals surface area contributed by atoms with Crippen molar-refractivity contribution in [3.63, 3.8) is 0 Å². The Labute approximate surface area is 423 Å². The van der Waals surface area contributed by atoms with Crippen LogP contribution >= 0.6 is 0 Å². The van der Waals surface area contributed by atoms with Gasteiger partial charge in [0.05, 0.1) is 0 Å². The molecular formula is C62H116O6. The first-order chi connectivity index (χ1) is 33.5. The molecule has 1 unspecified atom stereocenters. The van der Waals surface area contributed by atoms with Crippen LogP contribution in [0.15, 0.2) is 24.3 Å². The normalized spacial score (nSPS) is 12.1. The van der Waals surface area contributed by atoms with Gasteiger partial charge in [-0.3, -0.25) is 14.4 Å². The summed E-state index contributed by atoms with van der Waals surface area (Å²) in [6.07, 6.45) is 67.6. The van der Waals surface area contributed by atoms with Crippen LogP contribution in [-0.2, 0) is 28.6 Å². The number of ether oxygens (including phenoxy) is 3. The van der Waals surface area contributed by atoms with E-state index in [1.807, 2.05) is 0 Å². The van der Waals surface area contributed by atoms with Crippen LogP contribution in [-0.4, -0.2) is 37.2 Å². The zero-order chi connectivity index (χ0) is 49.3. The lowest BCUT2D eigenvalue weighted by molar-refractivity contribution is -0.167. The Morgan fingerprint density at radius 2 is 0.529 bits per heavy atom. The van der Waals surface area contributed by atoms with Crippen molar-refractivity contribution in [2.24, 2.45) is 0 Å². The Bertz CT molecular complexity index is 1100. The van der Waals surface area contributed by atoms with Crippen LogP contribution in [0.4, 0.5) is 0 Å². The molecule has 0 spiro atoms. The summed E-state index contributed by atoms with van der Waals surface area (Å²) in [5.74, 6) is -0.856. The summed E-state index contributed by atoms with van der Waals surface area (Å²) in [4.78, 5) is 38.1. The molecule has 0 saturated carbocycles. The highest BCUT2D eigenvalue weighted by atomic mass is 16.6. The minimum absolute atomic E-state index is 0.0690. The fraction of sp³-hybridized carbons (Fsp3) is 0.887. The first-order valence-corrected chi connectivity index (χ1v) is 30.3. The van der Waals surface area contributed by atoms with E-state index in [9.17, 15) is 14.4 Å². The Morgan fingerprint density at radius 3 is 0.838 bits per heavy atom. The largest absolute Gasteiger partial charge is 0.462 e. The number of carbonyl (C=O) groups excluding carboxylic acids is 3. The number of hydrogen-bond acceptors (Lipinski definition) is 6. The molecule has 0 aromatic rings. The topological polar surface area (TPSA) is 78.9 Å². The first-order valence-electron chi connectivity index (χ1n) is 30.3. The lowest BCUT2D eigenvalue weighted by Gasteiger charge is -2.18. The molecular weight excluding hydrogens is 841 g/mol. The summed E-state index contributed by atoms with van der Waals surface area (Å²) in [5, 5.41) is 0. The molecule has 0 rings (SSSR count). The predicted octanol–water partition coefficient (Wildman–Crippen LogP) is 20.3. The maximum absolute atomic E-state index is 12.8. The van der Waals surface area contributed by atoms with Gasteiger partial charge in [0.1, 0.15) is 13.2 Å². The Hall–Kier alpha value is -2.11. The van der Waals surface area contributed by atoms with Crippen LogP contribution < -0.4 is 0 Å². The van der Waals surface area contributed by atoms with E-state index in [0.29, 0.717) is 19.3 Å². The van der Waals surface area contributed by atoms with Crippen LogP contribution in [0, 0.1) is 0 Å². The fourth-order valence-electron chi connectivity index (χ4n) is 9.12. The smallest absolute Gasteiger partial charge is 0.306 e. The molecule has 400 valence electrons. The summed E-state index contributed by atoms with van der Waals surface area (Å²) in [6.45, 7) is 6.65. The molecule has 6 nitrogen and oxygen atoms in total. The zero-order valence-electron chi connectivity index (χ0n) is 45.9. The second-order valence-corrected chi connectivity index (χ2v) is 20.6. The van der Waals surface area contributed by atoms with Gasteiger partial charge in [-0.1, -0.05) is 289 Å². The van der Waals surface area contributed by atoms with Crippen LogP contribution in [0.2, 0.25) is 0 Å². The molecule has 0 aliphatic rings. The molecule has 0 bridgehead atoms. The fourth-order valence-corrected chi connectivity index (χ4v) is 9.12. The van der Waals surface area contributed by atoms with Gasteiger partial charge in [-0.2, -0.15) is 0 Å². The van der Waals surface area contributed by atoms with Crippen molar-refractivity contribution in [1.29, 1.82) is 0 Å². The van der Waals surface area contributed by atoms with Gasteiger partial charge in [-0.15, -0.1) is 0 Å². The van der Waals surface area contributed by atoms with Crippen molar-refractivity contribution in [3.8, 4) is 0 Å². The molecule has 0 radical (unpaired) electrons. The minimum Gasteiger partial charge on any atom is -0.462 e. The van der Waals surface area contributed by atoms with Gasteiger partial charge in [0.2, 0.25) is 0 Å². The van der Waals surface area contributed by atoms with Crippen molar-refractivity contribution >= 4 is 17.9 Å². The molecule has 0 aromatic heterocycles. The lowest BCUT2D eigenvalue weighted by atomic mass is 10.0. The molecule has 0 N–H and O–H groups in total. The summed E-state index contributed by atoms with van der Waals surface area (Å²) < 4.78 is 16.9. The van der Waals surface area contributed by atoms with Crippen molar-refractivity contribution < 1.29 is 28.6 Å². The number of carbonyl (C=O) groups is 3. The van der Waals surface area contributed by atoms with Crippen molar-refractivity contribution in [1.82, 2.24) is 0 Å². The Morgan fingerprint density at radius 1 is 0.294 bits per heavy atom. The third-order valence-electron chi connectivity index (χ3n) is 13.7. The molecule has 0 fully saturated rings. The van der Waals surface area contributed by atoms with E-state index in [-0.39, 0.29) is 31.1 Å². The minimum atomic E-state index is -0.770. The van der Waals surface area contributed by atoms with Crippen LogP contribution in [0.25, 0.3) is 0 Å². The number of unbranched alkanes of at least 4 members (excludes halogenated alkanes) is 41. The second kappa shape index (κ2) is 57.5. The molecule has 0 saturated heterocycles. The molecule has 1 atom stereocenters. The predicted molar refractivity (Wildman–Crippen MR) is 293 cm³/mol. The third-order valence-corrected chi connectivity index (χ3v) is 13.7. The quantitative estimate of drug-likeness (QED) is 0.0262. The highest BCUT2D eigenvalue weighted by molar-refractivity contribution is 5.71. The summed E-state index contributed by atoms with van der Waals surface area (Å²) in [6, 6.07) is 0. The molecule has 0 amide bonds. The number of rotatable bonds is 56. The van der Waals surface area contributed by atoms with Gasteiger partial charge in [-0.25, -0.2) is 0 Å². The van der Waals surface area contributed by atoms with Crippen LogP contribution in [0.5, 0.6) is 0 Å². The number of hydrogen-bond donors (Lipinski definition) is 0. The Balaban J connectivity index is 4.20. The van der Waals surface area contributed by atoms with Gasteiger partial charge >= 0.3 is 17.9 Å². The van der Waals surface area contributed by atoms with Gasteiger partial charge in [0.15, 0.2) is 6.10 Å². The molecule has 0 aliphatic carbocycles. The van der Waals surface area contributed by atoms with Crippen molar-refractivity contribution in [2.45, 2.75) is 341 Å². The highest BCUT2D eigenvalue weighted by Crippen LogP contribution is 2.17. The van der Waals surface area contributed by atoms with E-state index in [1.165, 1.54) is 225 Å². The highest BCUT2D eigenvalue weighted by Gasteiger charge is 2.19. The van der Waals surface area contributed by atoms with E-state index in [2.05, 4.69) is 45.1 Å². The van der Waals surface area contributed by atoms with Crippen molar-refractivity contribution in [2.75, 3.05) is 13.2 Å². The Kier molecular flexibility index (Phi) is 55.7. The van der Waals surface area contributed by atoms with Gasteiger partial charge < -0.3 is 14.2 Å². The number of esters is 3. The SMILES string of the molecule is CCCCC/C=C\C/C=C\CCCCCCCCCC(=O)OC(COC(=O)CCCCCCCCCCCC)COC(=O)CCCCCCCCCCCCCCCCCCCCCCCCC. The van der Waals surface area contributed by atoms with Gasteiger partial charge in [-0.05, 0) is 51.4 Å². The summed E-state index contributed by atoms with van der Waals surface area (Å²) in [5.41, 5.74) is 0. The van der Waals surface area contributed by atoms with E-state index < -0.39 is 6.10 Å². The van der Waals surface area contributed by atoms with Gasteiger partial charge in [0.25, 0.3) is 0 Å². The number of allylic oxidation sites excluding steroid dienone is 4. The average Bonchev–Trinajstić information content (AvgIpc) is 3.34. The van der Waals surface area contributed by atoms with E-state index in [4.69, 9.17) is 14.2 Å². The van der Waals surface area contributed by atoms with E-state index >= 15 is 0 Å². The molecule has 0 aliphatic heterocycles. The molecule has 0 aromatic carbocycles. The average molecular weight is 958 g/mol. The second-order valence-electron chi connectivity index (χ2n) is 20.6. The molecule has 68 heavy (non-hydrogen) atoms. The maximum Gasteiger partial charge on any atom is 0.306 e. The van der Waals surface area contributed by atoms with Crippen LogP contribution in [0.1, 0.15) is 335 Å². The van der Waals surface area contributed by atoms with Crippen LogP contribution in [0.3, 0.4) is 0 Å². The zero-order valence-corrected chi connectivity index (χ0v) is 45.9. The van der Waals surface area contributed by atoms with Crippen molar-refractivity contribution in [3.05, 3.63) is 24.3 Å². The maximum atomic E-state index is 12.8. The van der Waals surface area contributed by atoms with Gasteiger partial charge in [0, 0.05) is 19.3 Å². The summed E-state index contributed by atoms with van der Waals surface area (Å²) in [7, 11) is 0. The lowest BCUT2D eigenvalue weighted by Crippen LogP contribution is -2.30. The monoisotopic (exact) mass is 957 g/mol. The first kappa shape index (κ1) is 65.9.